The maximum absolute atomic E-state index is 13.5. The number of hydrogen-bond donors (Lipinski definition) is 3. The van der Waals surface area contributed by atoms with Gasteiger partial charge in [0.05, 0.1) is 18.5 Å². The largest absolute Gasteiger partial charge is 0.504 e. The van der Waals surface area contributed by atoms with Crippen molar-refractivity contribution in [2.24, 2.45) is 23.7 Å². The zero-order valence-corrected chi connectivity index (χ0v) is 26.6. The molecule has 3 N–H and O–H groups in total. The zero-order chi connectivity index (χ0) is 36.4. The zero-order valence-electron chi connectivity index (χ0n) is 26.6. The number of carbonyl (C=O) groups is 4. The molecule has 48 heavy (non-hydrogen) atoms. The number of nitriles is 1. The number of rotatable bonds is 6. The van der Waals surface area contributed by atoms with Gasteiger partial charge >= 0.3 is 18.0 Å². The molecule has 2 aliphatic heterocycles. The van der Waals surface area contributed by atoms with Crippen molar-refractivity contribution in [2.75, 3.05) is 31.5 Å². The van der Waals surface area contributed by atoms with Crippen LogP contribution in [0, 0.1) is 35.0 Å². The summed E-state index contributed by atoms with van der Waals surface area (Å²) in [5.41, 5.74) is -6.06. The first-order chi connectivity index (χ1) is 22.3. The number of aromatic hydroxyl groups is 1. The first-order valence-electron chi connectivity index (χ1n) is 15.2. The number of halogens is 7. The summed E-state index contributed by atoms with van der Waals surface area (Å²) < 4.78 is 88.0. The second-order valence-corrected chi connectivity index (χ2v) is 12.4. The van der Waals surface area contributed by atoms with E-state index in [9.17, 15) is 55.0 Å². The number of fused-ring (bicyclic) bond motifs is 1. The van der Waals surface area contributed by atoms with Crippen LogP contribution in [0.2, 0.25) is 0 Å². The Bertz CT molecular complexity index is 1290. The lowest BCUT2D eigenvalue weighted by Crippen LogP contribution is -2.63. The topological polar surface area (TPSA) is 156 Å². The van der Waals surface area contributed by atoms with Crippen LogP contribution >= 0.6 is 0 Å². The van der Waals surface area contributed by atoms with Gasteiger partial charge in [-0.3, -0.25) is 19.2 Å². The van der Waals surface area contributed by atoms with Crippen LogP contribution in [0.25, 0.3) is 0 Å². The predicted molar refractivity (Wildman–Crippen MR) is 156 cm³/mol. The number of anilines is 1. The van der Waals surface area contributed by atoms with Gasteiger partial charge in [-0.15, -0.1) is 0 Å². The smallest absolute Gasteiger partial charge is 0.441 e. The van der Waals surface area contributed by atoms with Crippen molar-refractivity contribution >= 4 is 29.9 Å². The van der Waals surface area contributed by atoms with Crippen LogP contribution in [-0.4, -0.2) is 94.3 Å². The number of aromatic nitrogens is 1. The van der Waals surface area contributed by atoms with Crippen molar-refractivity contribution in [1.29, 1.82) is 5.26 Å². The molecule has 268 valence electrons. The summed E-state index contributed by atoms with van der Waals surface area (Å²) in [6.07, 6.45) is -6.87. The fourth-order valence-corrected chi connectivity index (χ4v) is 5.42. The van der Waals surface area contributed by atoms with E-state index in [4.69, 9.17) is 5.26 Å². The van der Waals surface area contributed by atoms with Crippen molar-refractivity contribution in [1.82, 2.24) is 20.1 Å². The fourth-order valence-electron chi connectivity index (χ4n) is 5.42. The van der Waals surface area contributed by atoms with Gasteiger partial charge in [0.1, 0.15) is 6.04 Å². The second kappa shape index (κ2) is 16.8. The van der Waals surface area contributed by atoms with E-state index in [1.165, 1.54) is 22.1 Å². The summed E-state index contributed by atoms with van der Waals surface area (Å²) in [5.74, 6) is -3.32. The number of nitrogens with zero attached hydrogens (tertiary/aromatic N) is 4. The first kappa shape index (κ1) is 40.0. The Hall–Kier alpha value is -4.17. The molecule has 1 aliphatic carbocycles. The maximum Gasteiger partial charge on any atom is 0.441 e. The molecule has 0 aromatic carbocycles. The summed E-state index contributed by atoms with van der Waals surface area (Å²) in [5, 5.41) is 22.0. The highest BCUT2D eigenvalue weighted by Gasteiger charge is 2.77. The molecule has 1 aromatic heterocycles. The maximum atomic E-state index is 13.5. The highest BCUT2D eigenvalue weighted by molar-refractivity contribution is 5.93. The normalized spacial score (nSPS) is 22.3. The minimum Gasteiger partial charge on any atom is -0.504 e. The Morgan fingerprint density at radius 3 is 2.02 bits per heavy atom. The highest BCUT2D eigenvalue weighted by atomic mass is 19.4. The van der Waals surface area contributed by atoms with E-state index >= 15 is 0 Å². The molecule has 4 atom stereocenters. The van der Waals surface area contributed by atoms with Crippen LogP contribution in [0.1, 0.15) is 52.9 Å². The average molecular weight is 697 g/mol. The lowest BCUT2D eigenvalue weighted by atomic mass is 9.82. The van der Waals surface area contributed by atoms with Crippen molar-refractivity contribution < 1.29 is 55.0 Å². The number of alkyl halides is 7. The molecule has 3 unspecified atom stereocenters. The summed E-state index contributed by atoms with van der Waals surface area (Å²) in [6.45, 7) is 6.27. The van der Waals surface area contributed by atoms with Crippen molar-refractivity contribution in [3.05, 3.63) is 18.3 Å². The van der Waals surface area contributed by atoms with Gasteiger partial charge in [-0.25, -0.2) is 9.37 Å². The Balaban J connectivity index is 0.000000308. The van der Waals surface area contributed by atoms with Gasteiger partial charge in [0, 0.05) is 25.8 Å². The number of hydrogen-bond acceptors (Lipinski definition) is 7. The Morgan fingerprint density at radius 2 is 1.58 bits per heavy atom. The van der Waals surface area contributed by atoms with Crippen LogP contribution < -0.4 is 10.6 Å². The van der Waals surface area contributed by atoms with Crippen LogP contribution in [0.5, 0.6) is 5.75 Å². The molecule has 18 heteroatoms. The minimum atomic E-state index is -6.49. The van der Waals surface area contributed by atoms with Crippen LogP contribution in [-0.2, 0) is 19.2 Å². The Morgan fingerprint density at radius 1 is 1.04 bits per heavy atom. The molecule has 4 amide bonds. The predicted octanol–water partition coefficient (Wildman–Crippen LogP) is 4.34. The van der Waals surface area contributed by atoms with Crippen molar-refractivity contribution in [3.8, 4) is 11.8 Å². The van der Waals surface area contributed by atoms with Gasteiger partial charge in [0.2, 0.25) is 18.2 Å². The van der Waals surface area contributed by atoms with Gasteiger partial charge in [-0.1, -0.05) is 33.6 Å². The van der Waals surface area contributed by atoms with E-state index in [1.807, 2.05) is 6.07 Å². The molecule has 3 aliphatic rings. The number of likely N-dealkylation sites (tertiary alicyclic amines) is 2. The van der Waals surface area contributed by atoms with E-state index < -0.39 is 48.3 Å². The van der Waals surface area contributed by atoms with E-state index in [0.717, 1.165) is 36.9 Å². The van der Waals surface area contributed by atoms with Crippen molar-refractivity contribution in [2.45, 2.75) is 76.9 Å². The SMILES string of the molecule is CC(C)C.N#CC1CC(C(=O)Nc2ncccc2O)CN1C=O.O=C(CNC(=O)C(F)(C(F)(F)F)C(F)(F)F)N1CC2CCCC[C@@H]2C1. The summed E-state index contributed by atoms with van der Waals surface area (Å²) in [4.78, 5) is 52.3. The van der Waals surface area contributed by atoms with Gasteiger partial charge in [0.25, 0.3) is 5.91 Å². The van der Waals surface area contributed by atoms with Gasteiger partial charge in [-0.2, -0.15) is 31.6 Å². The lowest BCUT2D eigenvalue weighted by molar-refractivity contribution is -0.325. The summed E-state index contributed by atoms with van der Waals surface area (Å²) >= 11 is 0. The van der Waals surface area contributed by atoms with E-state index in [-0.39, 0.29) is 42.3 Å². The monoisotopic (exact) mass is 696 g/mol. The standard InChI is InChI=1S/C14H17F7N2O2.C12H12N4O3.C4H10/c15-12(13(16,17)18,14(19,20)21)11(25)22-5-10(24)23-6-8-3-1-2-4-9(8)7-23;13-5-9-4-8(6-16(9)7-17)12(19)15-11-10(18)2-1-3-14-11;1-4(2)3/h8-9H,1-7H2,(H,22,25);1-3,7-9,18H,4,6H2,(H,14,15,19);4H,1-3H3/t8-,9?;;/m1../s1. The first-order valence-corrected chi connectivity index (χ1v) is 15.2. The number of pyridine rings is 1. The molecular weight excluding hydrogens is 657 g/mol. The Kier molecular flexibility index (Phi) is 14.0. The van der Waals surface area contributed by atoms with Gasteiger partial charge in [0.15, 0.2) is 11.6 Å². The third-order valence-corrected chi connectivity index (χ3v) is 7.85. The molecule has 1 saturated carbocycles. The third kappa shape index (κ3) is 10.2. The molecule has 0 radical (unpaired) electrons. The van der Waals surface area contributed by atoms with E-state index in [2.05, 4.69) is 31.1 Å². The van der Waals surface area contributed by atoms with Crippen LogP contribution in [0.3, 0.4) is 0 Å². The molecule has 2 saturated heterocycles. The van der Waals surface area contributed by atoms with Gasteiger partial charge < -0.3 is 25.5 Å². The molecule has 0 spiro atoms. The molecule has 11 nitrogen and oxygen atoms in total. The molecule has 3 fully saturated rings. The van der Waals surface area contributed by atoms with Gasteiger partial charge in [-0.05, 0) is 49.1 Å². The van der Waals surface area contributed by atoms with Crippen LogP contribution in [0.15, 0.2) is 18.3 Å². The summed E-state index contributed by atoms with van der Waals surface area (Å²) in [7, 11) is 0. The third-order valence-electron chi connectivity index (χ3n) is 7.85. The molecule has 0 bridgehead atoms. The molecule has 4 rings (SSSR count). The molecule has 3 heterocycles. The minimum absolute atomic E-state index is 0.0746. The number of nitrogens with one attached hydrogen (secondary N) is 2. The van der Waals surface area contributed by atoms with Crippen molar-refractivity contribution in [3.63, 3.8) is 0 Å². The quantitative estimate of drug-likeness (QED) is 0.295. The summed E-state index contributed by atoms with van der Waals surface area (Å²) in [6, 6.07) is 4.35. The Labute approximate surface area is 272 Å². The van der Waals surface area contributed by atoms with Crippen LogP contribution in [0.4, 0.5) is 36.6 Å². The second-order valence-electron chi connectivity index (χ2n) is 12.4. The fraction of sp³-hybridized carbons (Fsp3) is 0.667. The highest BCUT2D eigenvalue weighted by Crippen LogP contribution is 2.46. The van der Waals surface area contributed by atoms with E-state index in [1.54, 1.807) is 6.07 Å². The lowest BCUT2D eigenvalue weighted by Gasteiger charge is -2.28. The average Bonchev–Trinajstić information content (AvgIpc) is 3.64. The number of amides is 4. The molecular formula is C30H39F7N6O5. The van der Waals surface area contributed by atoms with E-state index in [0.29, 0.717) is 19.5 Å². The molecule has 1 aromatic rings. The number of carbonyl (C=O) groups excluding carboxylic acids is 4.